The second-order valence-corrected chi connectivity index (χ2v) is 3.43. The van der Waals surface area contributed by atoms with Gasteiger partial charge in [0.2, 0.25) is 5.88 Å². The SMILES string of the molecule is COc1ccc2ncc(F)c(CC(=O)OF)c2n1. The summed E-state index contributed by atoms with van der Waals surface area (Å²) in [4.78, 5) is 21.7. The molecule has 0 saturated heterocycles. The molecule has 7 heteroatoms. The van der Waals surface area contributed by atoms with Gasteiger partial charge in [0.05, 0.1) is 30.8 Å². The minimum absolute atomic E-state index is 0.0819. The number of nitrogens with zero attached hydrogens (tertiary/aromatic N) is 2. The number of rotatable bonds is 3. The molecule has 0 amide bonds. The van der Waals surface area contributed by atoms with Crippen LogP contribution in [0.25, 0.3) is 11.0 Å². The van der Waals surface area contributed by atoms with Crippen molar-refractivity contribution in [1.29, 1.82) is 0 Å². The molecule has 0 aromatic carbocycles. The Balaban J connectivity index is 2.60. The largest absolute Gasteiger partial charge is 0.481 e. The smallest absolute Gasteiger partial charge is 0.353 e. The summed E-state index contributed by atoms with van der Waals surface area (Å²) in [6, 6.07) is 3.11. The molecule has 0 aliphatic rings. The molecule has 2 aromatic heterocycles. The van der Waals surface area contributed by atoms with Crippen LogP contribution in [-0.4, -0.2) is 23.0 Å². The van der Waals surface area contributed by atoms with E-state index in [9.17, 15) is 13.7 Å². The summed E-state index contributed by atoms with van der Waals surface area (Å²) >= 11 is 0. The summed E-state index contributed by atoms with van der Waals surface area (Å²) in [5.74, 6) is -1.72. The molecule has 18 heavy (non-hydrogen) atoms. The van der Waals surface area contributed by atoms with Gasteiger partial charge in [-0.1, -0.05) is 0 Å². The molecular weight excluding hydrogens is 246 g/mol. The Kier molecular flexibility index (Phi) is 3.31. The van der Waals surface area contributed by atoms with Gasteiger partial charge in [0, 0.05) is 16.2 Å². The predicted octanol–water partition coefficient (Wildman–Crippen LogP) is 1.75. The summed E-state index contributed by atoms with van der Waals surface area (Å²) in [5, 5.41) is 0. The van der Waals surface area contributed by atoms with Crippen molar-refractivity contribution in [1.82, 2.24) is 9.97 Å². The molecule has 0 aliphatic carbocycles. The van der Waals surface area contributed by atoms with Gasteiger partial charge in [0.15, 0.2) is 0 Å². The lowest BCUT2D eigenvalue weighted by atomic mass is 10.1. The Bertz CT molecular complexity index is 604. The minimum atomic E-state index is -1.20. The van der Waals surface area contributed by atoms with Crippen LogP contribution >= 0.6 is 0 Å². The highest BCUT2D eigenvalue weighted by molar-refractivity contribution is 5.83. The van der Waals surface area contributed by atoms with Crippen LogP contribution in [0.3, 0.4) is 0 Å². The maximum absolute atomic E-state index is 13.6. The summed E-state index contributed by atoms with van der Waals surface area (Å²) < 4.78 is 30.2. The zero-order valence-electron chi connectivity index (χ0n) is 9.31. The van der Waals surface area contributed by atoms with Gasteiger partial charge in [0.1, 0.15) is 5.82 Å². The number of pyridine rings is 2. The van der Waals surface area contributed by atoms with Crippen molar-refractivity contribution < 1.29 is 23.4 Å². The van der Waals surface area contributed by atoms with Crippen molar-refractivity contribution in [3.8, 4) is 5.88 Å². The highest BCUT2D eigenvalue weighted by atomic mass is 19.3. The molecule has 0 atom stereocenters. The number of ether oxygens (including phenoxy) is 1. The van der Waals surface area contributed by atoms with E-state index in [0.29, 0.717) is 5.52 Å². The Morgan fingerprint density at radius 2 is 2.22 bits per heavy atom. The van der Waals surface area contributed by atoms with Gasteiger partial charge in [-0.2, -0.15) is 0 Å². The van der Waals surface area contributed by atoms with E-state index in [-0.39, 0.29) is 17.0 Å². The van der Waals surface area contributed by atoms with E-state index in [1.54, 1.807) is 12.1 Å². The first-order valence-corrected chi connectivity index (χ1v) is 4.95. The molecule has 2 aromatic rings. The third kappa shape index (κ3) is 2.20. The highest BCUT2D eigenvalue weighted by Crippen LogP contribution is 2.21. The standard InChI is InChI=1S/C11H8F2N2O3/c1-17-9-3-2-8-11(15-9)6(4-10(16)18-13)7(12)5-14-8/h2-3,5H,4H2,1H3. The van der Waals surface area contributed by atoms with Crippen molar-refractivity contribution in [3.63, 3.8) is 0 Å². The molecule has 2 rings (SSSR count). The van der Waals surface area contributed by atoms with E-state index < -0.39 is 18.2 Å². The van der Waals surface area contributed by atoms with E-state index >= 15 is 0 Å². The van der Waals surface area contributed by atoms with Crippen molar-refractivity contribution in [3.05, 3.63) is 29.7 Å². The maximum Gasteiger partial charge on any atom is 0.353 e. The van der Waals surface area contributed by atoms with Crippen molar-refractivity contribution in [2.45, 2.75) is 6.42 Å². The first-order chi connectivity index (χ1) is 8.65. The number of hydrogen-bond acceptors (Lipinski definition) is 5. The number of methoxy groups -OCH3 is 1. The average molecular weight is 254 g/mol. The average Bonchev–Trinajstić information content (AvgIpc) is 2.41. The Hall–Kier alpha value is -2.31. The number of carbonyl (C=O) groups excluding carboxylic acids is 1. The van der Waals surface area contributed by atoms with Gasteiger partial charge in [-0.25, -0.2) is 14.2 Å². The van der Waals surface area contributed by atoms with Gasteiger partial charge in [-0.05, 0) is 6.07 Å². The molecule has 0 unspecified atom stereocenters. The van der Waals surface area contributed by atoms with Crippen LogP contribution in [0.2, 0.25) is 0 Å². The Labute approximate surface area is 100 Å². The van der Waals surface area contributed by atoms with E-state index in [1.165, 1.54) is 7.11 Å². The minimum Gasteiger partial charge on any atom is -0.481 e. The van der Waals surface area contributed by atoms with Crippen LogP contribution in [0.5, 0.6) is 5.88 Å². The summed E-state index contributed by atoms with van der Waals surface area (Å²) in [6.45, 7) is 0. The van der Waals surface area contributed by atoms with E-state index in [4.69, 9.17) is 4.74 Å². The molecule has 0 saturated carbocycles. The molecule has 94 valence electrons. The lowest BCUT2D eigenvalue weighted by Crippen LogP contribution is -2.07. The van der Waals surface area contributed by atoms with Gasteiger partial charge < -0.3 is 4.74 Å². The van der Waals surface area contributed by atoms with Crippen molar-refractivity contribution in [2.75, 3.05) is 7.11 Å². The van der Waals surface area contributed by atoms with Crippen LogP contribution in [-0.2, 0) is 16.2 Å². The van der Waals surface area contributed by atoms with Gasteiger partial charge in [-0.15, -0.1) is 0 Å². The summed E-state index contributed by atoms with van der Waals surface area (Å²) in [7, 11) is 1.40. The van der Waals surface area contributed by atoms with E-state index in [2.05, 4.69) is 14.9 Å². The summed E-state index contributed by atoms with van der Waals surface area (Å²) in [5.41, 5.74) is 0.431. The zero-order valence-corrected chi connectivity index (χ0v) is 9.31. The number of aromatic nitrogens is 2. The fourth-order valence-corrected chi connectivity index (χ4v) is 1.53. The van der Waals surface area contributed by atoms with Crippen LogP contribution in [0, 0.1) is 5.82 Å². The molecule has 0 spiro atoms. The molecule has 0 radical (unpaired) electrons. The molecule has 0 bridgehead atoms. The van der Waals surface area contributed by atoms with Crippen LogP contribution in [0.15, 0.2) is 18.3 Å². The van der Waals surface area contributed by atoms with Crippen molar-refractivity contribution in [2.24, 2.45) is 0 Å². The molecular formula is C11H8F2N2O3. The normalized spacial score (nSPS) is 10.4. The number of hydrogen-bond donors (Lipinski definition) is 0. The second-order valence-electron chi connectivity index (χ2n) is 3.43. The molecule has 0 aliphatic heterocycles. The number of fused-ring (bicyclic) bond motifs is 1. The first kappa shape index (κ1) is 12.2. The van der Waals surface area contributed by atoms with Crippen LogP contribution in [0.1, 0.15) is 5.56 Å². The first-order valence-electron chi connectivity index (χ1n) is 4.95. The molecule has 0 N–H and O–H groups in total. The summed E-state index contributed by atoms with van der Waals surface area (Å²) in [6.07, 6.45) is 0.374. The zero-order chi connectivity index (χ0) is 13.1. The van der Waals surface area contributed by atoms with Gasteiger partial charge in [0.25, 0.3) is 0 Å². The number of halogens is 2. The fourth-order valence-electron chi connectivity index (χ4n) is 1.53. The fraction of sp³-hybridized carbons (Fsp3) is 0.182. The Morgan fingerprint density at radius 1 is 1.44 bits per heavy atom. The topological polar surface area (TPSA) is 61.3 Å². The Morgan fingerprint density at radius 3 is 2.89 bits per heavy atom. The molecule has 5 nitrogen and oxygen atoms in total. The lowest BCUT2D eigenvalue weighted by Gasteiger charge is -2.06. The number of carbonyl (C=O) groups is 1. The van der Waals surface area contributed by atoms with Crippen molar-refractivity contribution >= 4 is 17.0 Å². The quantitative estimate of drug-likeness (QED) is 0.835. The van der Waals surface area contributed by atoms with Gasteiger partial charge >= 0.3 is 5.97 Å². The van der Waals surface area contributed by atoms with Crippen LogP contribution in [0.4, 0.5) is 8.92 Å². The third-order valence-electron chi connectivity index (χ3n) is 2.36. The van der Waals surface area contributed by atoms with Gasteiger partial charge in [-0.3, -0.25) is 9.93 Å². The van der Waals surface area contributed by atoms with Crippen LogP contribution < -0.4 is 4.74 Å². The maximum atomic E-state index is 13.6. The van der Waals surface area contributed by atoms with E-state index in [0.717, 1.165) is 6.20 Å². The predicted molar refractivity (Wildman–Crippen MR) is 57.0 cm³/mol. The monoisotopic (exact) mass is 254 g/mol. The second kappa shape index (κ2) is 4.91. The third-order valence-corrected chi connectivity index (χ3v) is 2.36. The van der Waals surface area contributed by atoms with E-state index in [1.807, 2.05) is 0 Å². The lowest BCUT2D eigenvalue weighted by molar-refractivity contribution is -0.182. The highest BCUT2D eigenvalue weighted by Gasteiger charge is 2.16. The molecule has 0 fully saturated rings. The molecule has 2 heterocycles.